The van der Waals surface area contributed by atoms with Gasteiger partial charge in [-0.25, -0.2) is 9.97 Å². The van der Waals surface area contributed by atoms with Crippen molar-refractivity contribution in [1.82, 2.24) is 19.8 Å². The van der Waals surface area contributed by atoms with Crippen LogP contribution in [0.2, 0.25) is 0 Å². The van der Waals surface area contributed by atoms with E-state index in [1.807, 2.05) is 0 Å². The summed E-state index contributed by atoms with van der Waals surface area (Å²) >= 11 is 0. The molecular formula is C24H34N6O2. The van der Waals surface area contributed by atoms with E-state index in [1.54, 1.807) is 18.2 Å². The molecule has 1 N–H and O–H groups in total. The molecule has 1 amide bonds. The molecule has 8 nitrogen and oxygen atoms in total. The normalized spacial score (nSPS) is 25.0. The third kappa shape index (κ3) is 4.38. The maximum absolute atomic E-state index is 11.8. The quantitative estimate of drug-likeness (QED) is 0.779. The topological polar surface area (TPSA) is 76.0 Å². The Morgan fingerprint density at radius 2 is 1.78 bits per heavy atom. The van der Waals surface area contributed by atoms with E-state index < -0.39 is 5.60 Å². The van der Waals surface area contributed by atoms with Crippen LogP contribution in [0.25, 0.3) is 10.9 Å². The number of rotatable bonds is 4. The van der Waals surface area contributed by atoms with Gasteiger partial charge in [0.2, 0.25) is 5.91 Å². The molecule has 1 unspecified atom stereocenters. The van der Waals surface area contributed by atoms with E-state index in [0.29, 0.717) is 13.1 Å². The number of aliphatic hydroxyl groups is 1. The summed E-state index contributed by atoms with van der Waals surface area (Å²) in [5.41, 5.74) is 1.42. The van der Waals surface area contributed by atoms with E-state index in [-0.39, 0.29) is 5.91 Å². The Balaban J connectivity index is 1.25. The fourth-order valence-electron chi connectivity index (χ4n) is 5.50. The highest BCUT2D eigenvalue weighted by Gasteiger charge is 2.36. The number of likely N-dealkylation sites (tertiary alicyclic amines) is 1. The number of fused-ring (bicyclic) bond motifs is 1. The lowest BCUT2D eigenvalue weighted by molar-refractivity contribution is -0.137. The molecule has 1 aromatic carbocycles. The molecule has 3 fully saturated rings. The highest BCUT2D eigenvalue weighted by Crippen LogP contribution is 2.30. The molecule has 0 aliphatic carbocycles. The lowest BCUT2D eigenvalue weighted by Gasteiger charge is -2.44. The number of β-amino-alcohol motifs (C(OH)–C–C–N with tert-alkyl or cyclic N) is 1. The van der Waals surface area contributed by atoms with Gasteiger partial charge >= 0.3 is 0 Å². The summed E-state index contributed by atoms with van der Waals surface area (Å²) in [6.45, 7) is 9.23. The van der Waals surface area contributed by atoms with E-state index >= 15 is 0 Å². The number of hydrogen-bond acceptors (Lipinski definition) is 7. The molecule has 0 radical (unpaired) electrons. The maximum Gasteiger partial charge on any atom is 0.219 e. The van der Waals surface area contributed by atoms with Gasteiger partial charge in [-0.15, -0.1) is 0 Å². The first-order valence-corrected chi connectivity index (χ1v) is 12.0. The van der Waals surface area contributed by atoms with E-state index in [2.05, 4.69) is 42.9 Å². The maximum atomic E-state index is 11.8. The van der Waals surface area contributed by atoms with Gasteiger partial charge in [0.15, 0.2) is 0 Å². The van der Waals surface area contributed by atoms with Gasteiger partial charge in [0.05, 0.1) is 17.7 Å². The number of carbonyl (C=O) groups is 1. The molecule has 3 aliphatic heterocycles. The van der Waals surface area contributed by atoms with Crippen molar-refractivity contribution in [2.75, 3.05) is 68.7 Å². The minimum Gasteiger partial charge on any atom is -0.387 e. The second-order valence-electron chi connectivity index (χ2n) is 9.62. The van der Waals surface area contributed by atoms with Crippen LogP contribution in [-0.2, 0) is 4.79 Å². The number of hydrogen-bond donors (Lipinski definition) is 1. The lowest BCUT2D eigenvalue weighted by atomic mass is 9.92. The molecule has 8 heteroatoms. The molecule has 32 heavy (non-hydrogen) atoms. The number of carbonyl (C=O) groups excluding carboxylic acids is 1. The van der Waals surface area contributed by atoms with Crippen molar-refractivity contribution in [3.05, 3.63) is 24.5 Å². The highest BCUT2D eigenvalue weighted by molar-refractivity contribution is 5.92. The molecule has 1 aromatic heterocycles. The van der Waals surface area contributed by atoms with Gasteiger partial charge in [-0.3, -0.25) is 9.69 Å². The van der Waals surface area contributed by atoms with E-state index in [0.717, 1.165) is 75.4 Å². The van der Waals surface area contributed by atoms with Crippen LogP contribution in [0.3, 0.4) is 0 Å². The van der Waals surface area contributed by atoms with Crippen LogP contribution in [0.5, 0.6) is 0 Å². The van der Waals surface area contributed by atoms with Crippen LogP contribution in [0.4, 0.5) is 11.5 Å². The smallest absolute Gasteiger partial charge is 0.219 e. The van der Waals surface area contributed by atoms with Gasteiger partial charge in [0.25, 0.3) is 0 Å². The zero-order chi connectivity index (χ0) is 22.1. The minimum absolute atomic E-state index is 0.0570. The van der Waals surface area contributed by atoms with Gasteiger partial charge in [-0.2, -0.15) is 0 Å². The highest BCUT2D eigenvalue weighted by atomic mass is 16.3. The summed E-state index contributed by atoms with van der Waals surface area (Å²) in [5.74, 6) is 1.11. The van der Waals surface area contributed by atoms with E-state index in [4.69, 9.17) is 0 Å². The summed E-state index contributed by atoms with van der Waals surface area (Å²) in [4.78, 5) is 29.8. The van der Waals surface area contributed by atoms with Crippen molar-refractivity contribution in [2.24, 2.45) is 0 Å². The molecule has 0 bridgehead atoms. The fourth-order valence-corrected chi connectivity index (χ4v) is 5.50. The van der Waals surface area contributed by atoms with Crippen LogP contribution in [0, 0.1) is 0 Å². The molecule has 5 rings (SSSR count). The van der Waals surface area contributed by atoms with Crippen LogP contribution < -0.4 is 9.80 Å². The molecule has 172 valence electrons. The first-order valence-electron chi connectivity index (χ1n) is 12.0. The molecule has 2 aromatic rings. The zero-order valence-corrected chi connectivity index (χ0v) is 19.0. The minimum atomic E-state index is -0.795. The van der Waals surface area contributed by atoms with Gasteiger partial charge < -0.3 is 19.8 Å². The monoisotopic (exact) mass is 438 g/mol. The largest absolute Gasteiger partial charge is 0.387 e. The first kappa shape index (κ1) is 21.4. The Morgan fingerprint density at radius 3 is 2.53 bits per heavy atom. The Bertz CT molecular complexity index is 970. The third-order valence-electron chi connectivity index (χ3n) is 7.26. The van der Waals surface area contributed by atoms with Crippen molar-refractivity contribution in [3.8, 4) is 0 Å². The molecule has 3 aliphatic rings. The lowest BCUT2D eigenvalue weighted by Crippen LogP contribution is -2.58. The van der Waals surface area contributed by atoms with Gasteiger partial charge in [-0.1, -0.05) is 0 Å². The average molecular weight is 439 g/mol. The Kier molecular flexibility index (Phi) is 5.90. The molecule has 0 saturated carbocycles. The zero-order valence-electron chi connectivity index (χ0n) is 19.0. The Hall–Kier alpha value is -2.45. The molecule has 0 spiro atoms. The van der Waals surface area contributed by atoms with Gasteiger partial charge in [0, 0.05) is 70.4 Å². The molecular weight excluding hydrogens is 404 g/mol. The number of anilines is 2. The second-order valence-corrected chi connectivity index (χ2v) is 9.62. The van der Waals surface area contributed by atoms with Gasteiger partial charge in [0.1, 0.15) is 12.1 Å². The number of piperidine rings is 1. The number of amides is 1. The number of nitrogens with zero attached hydrogens (tertiary/aromatic N) is 6. The summed E-state index contributed by atoms with van der Waals surface area (Å²) < 4.78 is 0. The SMILES string of the molecule is CC(=O)N1CCCC(O)(CN2CCN(c3ccc4ncnc(N5CCCC5)c4c3)CC2)C1. The van der Waals surface area contributed by atoms with Crippen molar-refractivity contribution in [2.45, 2.75) is 38.2 Å². The van der Waals surface area contributed by atoms with Crippen LogP contribution in [0.15, 0.2) is 24.5 Å². The summed E-state index contributed by atoms with van der Waals surface area (Å²) in [6, 6.07) is 6.52. The van der Waals surface area contributed by atoms with Crippen molar-refractivity contribution in [1.29, 1.82) is 0 Å². The first-order chi connectivity index (χ1) is 15.5. The fraction of sp³-hybridized carbons (Fsp3) is 0.625. The Labute approximate surface area is 189 Å². The number of piperazine rings is 1. The van der Waals surface area contributed by atoms with Crippen molar-refractivity contribution < 1.29 is 9.90 Å². The second kappa shape index (κ2) is 8.83. The van der Waals surface area contributed by atoms with Crippen LogP contribution in [0.1, 0.15) is 32.6 Å². The van der Waals surface area contributed by atoms with Gasteiger partial charge in [-0.05, 0) is 43.9 Å². The predicted octanol–water partition coefficient (Wildman–Crippen LogP) is 1.73. The van der Waals surface area contributed by atoms with E-state index in [9.17, 15) is 9.90 Å². The number of aromatic nitrogens is 2. The number of benzene rings is 1. The van der Waals surface area contributed by atoms with Crippen LogP contribution in [-0.4, -0.2) is 95.3 Å². The third-order valence-corrected chi connectivity index (χ3v) is 7.26. The van der Waals surface area contributed by atoms with Crippen LogP contribution >= 0.6 is 0 Å². The molecule has 4 heterocycles. The molecule has 1 atom stereocenters. The average Bonchev–Trinajstić information content (AvgIpc) is 3.33. The Morgan fingerprint density at radius 1 is 1.00 bits per heavy atom. The predicted molar refractivity (Wildman–Crippen MR) is 126 cm³/mol. The standard InChI is InChI=1S/C24H34N6O2/c1-19(31)30-10-4-7-24(32,17-30)16-27-11-13-28(14-12-27)20-5-6-22-21(15-20)23(26-18-25-22)29-8-2-3-9-29/h5-6,15,18,32H,2-4,7-14,16-17H2,1H3. The summed E-state index contributed by atoms with van der Waals surface area (Å²) in [6.07, 6.45) is 5.76. The van der Waals surface area contributed by atoms with E-state index in [1.165, 1.54) is 18.5 Å². The van der Waals surface area contributed by atoms with Crippen molar-refractivity contribution in [3.63, 3.8) is 0 Å². The molecule has 3 saturated heterocycles. The summed E-state index contributed by atoms with van der Waals surface area (Å²) in [5, 5.41) is 12.2. The van der Waals surface area contributed by atoms with Crippen molar-refractivity contribution >= 4 is 28.3 Å². The summed E-state index contributed by atoms with van der Waals surface area (Å²) in [7, 11) is 0.